The van der Waals surface area contributed by atoms with Crippen LogP contribution in [0.2, 0.25) is 0 Å². The van der Waals surface area contributed by atoms with Crippen molar-refractivity contribution in [3.05, 3.63) is 20.8 Å². The van der Waals surface area contributed by atoms with Gasteiger partial charge in [0.15, 0.2) is 0 Å². The van der Waals surface area contributed by atoms with Crippen molar-refractivity contribution < 1.29 is 4.79 Å². The third-order valence-corrected chi connectivity index (χ3v) is 4.70. The Hall–Kier alpha value is -0.390. The van der Waals surface area contributed by atoms with Gasteiger partial charge >= 0.3 is 0 Å². The fourth-order valence-corrected chi connectivity index (χ4v) is 3.23. The van der Waals surface area contributed by atoms with Crippen LogP contribution in [0.1, 0.15) is 30.1 Å². The van der Waals surface area contributed by atoms with Crippen LogP contribution < -0.4 is 10.6 Å². The molecule has 1 aliphatic rings. The smallest absolute Gasteiger partial charge is 0.252 e. The zero-order chi connectivity index (χ0) is 12.3. The zero-order valence-corrected chi connectivity index (χ0v) is 12.3. The zero-order valence-electron chi connectivity index (χ0n) is 9.88. The number of nitrogens with one attached hydrogen (secondary N) is 2. The third-order valence-electron chi connectivity index (χ3n) is 3.19. The van der Waals surface area contributed by atoms with Gasteiger partial charge in [0.05, 0.1) is 9.35 Å². The van der Waals surface area contributed by atoms with Crippen molar-refractivity contribution >= 4 is 33.2 Å². The Morgan fingerprint density at radius 3 is 3.12 bits per heavy atom. The summed E-state index contributed by atoms with van der Waals surface area (Å²) in [6.45, 7) is 5.05. The van der Waals surface area contributed by atoms with Crippen molar-refractivity contribution in [1.82, 2.24) is 10.6 Å². The molecule has 0 spiro atoms. The minimum absolute atomic E-state index is 0.0266. The lowest BCUT2D eigenvalue weighted by molar-refractivity contribution is 0.0925. The SMILES string of the molecule is CC1(CNC(=O)c2csc(Br)c2)CCCNC1. The van der Waals surface area contributed by atoms with E-state index in [4.69, 9.17) is 0 Å². The summed E-state index contributed by atoms with van der Waals surface area (Å²) in [4.78, 5) is 11.9. The van der Waals surface area contributed by atoms with Crippen LogP contribution in [0.3, 0.4) is 0 Å². The molecule has 1 amide bonds. The maximum Gasteiger partial charge on any atom is 0.252 e. The molecule has 94 valence electrons. The highest BCUT2D eigenvalue weighted by molar-refractivity contribution is 9.11. The molecule has 1 unspecified atom stereocenters. The normalized spacial score (nSPS) is 24.6. The Morgan fingerprint density at radius 1 is 1.71 bits per heavy atom. The molecule has 17 heavy (non-hydrogen) atoms. The average Bonchev–Trinajstić information content (AvgIpc) is 2.74. The first-order valence-corrected chi connectivity index (χ1v) is 7.49. The minimum Gasteiger partial charge on any atom is -0.351 e. The van der Waals surface area contributed by atoms with E-state index in [0.29, 0.717) is 0 Å². The van der Waals surface area contributed by atoms with Crippen LogP contribution in [-0.2, 0) is 0 Å². The first kappa shape index (κ1) is 13.1. The second-order valence-corrected chi connectivity index (χ2v) is 7.20. The average molecular weight is 317 g/mol. The number of carbonyl (C=O) groups is 1. The Bertz CT molecular complexity index is 399. The van der Waals surface area contributed by atoms with Crippen LogP contribution in [-0.4, -0.2) is 25.5 Å². The summed E-state index contributed by atoms with van der Waals surface area (Å²) in [6.07, 6.45) is 2.37. The third kappa shape index (κ3) is 3.53. The fourth-order valence-electron chi connectivity index (χ4n) is 2.09. The highest BCUT2D eigenvalue weighted by atomic mass is 79.9. The number of carbonyl (C=O) groups excluding carboxylic acids is 1. The van der Waals surface area contributed by atoms with Crippen LogP contribution >= 0.6 is 27.3 Å². The van der Waals surface area contributed by atoms with Gasteiger partial charge in [-0.05, 0) is 46.8 Å². The van der Waals surface area contributed by atoms with E-state index in [2.05, 4.69) is 33.5 Å². The number of hydrogen-bond donors (Lipinski definition) is 2. The maximum atomic E-state index is 11.9. The quantitative estimate of drug-likeness (QED) is 0.900. The van der Waals surface area contributed by atoms with Crippen LogP contribution in [0.4, 0.5) is 0 Å². The molecule has 1 atom stereocenters. The van der Waals surface area contributed by atoms with E-state index in [0.717, 1.165) is 29.0 Å². The van der Waals surface area contributed by atoms with Gasteiger partial charge in [0.2, 0.25) is 0 Å². The van der Waals surface area contributed by atoms with Crippen LogP contribution in [0.15, 0.2) is 15.2 Å². The Kier molecular flexibility index (Phi) is 4.22. The van der Waals surface area contributed by atoms with Crippen LogP contribution in [0.25, 0.3) is 0 Å². The second-order valence-electron chi connectivity index (χ2n) is 4.91. The number of hydrogen-bond acceptors (Lipinski definition) is 3. The lowest BCUT2D eigenvalue weighted by Gasteiger charge is -2.34. The summed E-state index contributed by atoms with van der Waals surface area (Å²) in [7, 11) is 0. The van der Waals surface area contributed by atoms with Crippen molar-refractivity contribution in [2.24, 2.45) is 5.41 Å². The van der Waals surface area contributed by atoms with E-state index >= 15 is 0 Å². The molecule has 1 aromatic heterocycles. The molecule has 0 saturated carbocycles. The molecule has 1 fully saturated rings. The van der Waals surface area contributed by atoms with Crippen molar-refractivity contribution in [3.63, 3.8) is 0 Å². The Morgan fingerprint density at radius 2 is 2.53 bits per heavy atom. The summed E-state index contributed by atoms with van der Waals surface area (Å²) in [6, 6.07) is 1.86. The van der Waals surface area contributed by atoms with Crippen molar-refractivity contribution in [1.29, 1.82) is 0 Å². The molecule has 0 aliphatic carbocycles. The van der Waals surface area contributed by atoms with Crippen LogP contribution in [0.5, 0.6) is 0 Å². The monoisotopic (exact) mass is 316 g/mol. The molecular weight excluding hydrogens is 300 g/mol. The van der Waals surface area contributed by atoms with Crippen molar-refractivity contribution in [3.8, 4) is 0 Å². The van der Waals surface area contributed by atoms with E-state index < -0.39 is 0 Å². The lowest BCUT2D eigenvalue weighted by Crippen LogP contribution is -2.45. The lowest BCUT2D eigenvalue weighted by atomic mass is 9.83. The standard InChI is InChI=1S/C12H17BrN2OS/c1-12(3-2-4-14-7-12)8-15-11(16)9-5-10(13)17-6-9/h5-6,14H,2-4,7-8H2,1H3,(H,15,16). The number of rotatable bonds is 3. The van der Waals surface area contributed by atoms with Crippen molar-refractivity contribution in [2.45, 2.75) is 19.8 Å². The molecule has 0 radical (unpaired) electrons. The topological polar surface area (TPSA) is 41.1 Å². The highest BCUT2D eigenvalue weighted by Gasteiger charge is 2.27. The molecule has 0 aromatic carbocycles. The van der Waals surface area contributed by atoms with Gasteiger partial charge in [0.1, 0.15) is 0 Å². The van der Waals surface area contributed by atoms with E-state index in [1.165, 1.54) is 24.2 Å². The van der Waals surface area contributed by atoms with Gasteiger partial charge in [-0.25, -0.2) is 0 Å². The second kappa shape index (κ2) is 5.50. The molecule has 5 heteroatoms. The Balaban J connectivity index is 1.87. The van der Waals surface area contributed by atoms with Crippen molar-refractivity contribution in [2.75, 3.05) is 19.6 Å². The molecule has 2 rings (SSSR count). The highest BCUT2D eigenvalue weighted by Crippen LogP contribution is 2.25. The van der Waals surface area contributed by atoms with Gasteiger partial charge in [-0.1, -0.05) is 6.92 Å². The van der Waals surface area contributed by atoms with E-state index in [9.17, 15) is 4.79 Å². The summed E-state index contributed by atoms with van der Waals surface area (Å²) in [5.41, 5.74) is 0.940. The molecule has 3 nitrogen and oxygen atoms in total. The molecular formula is C12H17BrN2OS. The molecule has 1 aromatic rings. The van der Waals surface area contributed by atoms with Gasteiger partial charge in [-0.2, -0.15) is 0 Å². The summed E-state index contributed by atoms with van der Waals surface area (Å²) >= 11 is 4.90. The minimum atomic E-state index is 0.0266. The predicted octanol–water partition coefficient (Wildman–Crippen LogP) is 2.63. The van der Waals surface area contributed by atoms with E-state index in [-0.39, 0.29) is 11.3 Å². The van der Waals surface area contributed by atoms with Gasteiger partial charge < -0.3 is 10.6 Å². The number of thiophene rings is 1. The van der Waals surface area contributed by atoms with Crippen LogP contribution in [0, 0.1) is 5.41 Å². The summed E-state index contributed by atoms with van der Waals surface area (Å²) in [5.74, 6) is 0.0266. The predicted molar refractivity (Wildman–Crippen MR) is 74.6 cm³/mol. The molecule has 1 aliphatic heterocycles. The Labute approximate surface area is 114 Å². The maximum absolute atomic E-state index is 11.9. The number of halogens is 1. The first-order valence-electron chi connectivity index (χ1n) is 5.82. The number of piperidine rings is 1. The van der Waals surface area contributed by atoms with Gasteiger partial charge in [0, 0.05) is 18.5 Å². The first-order chi connectivity index (χ1) is 8.09. The molecule has 1 saturated heterocycles. The molecule has 2 heterocycles. The fraction of sp³-hybridized carbons (Fsp3) is 0.583. The largest absolute Gasteiger partial charge is 0.351 e. The van der Waals surface area contributed by atoms with Gasteiger partial charge in [0.25, 0.3) is 5.91 Å². The summed E-state index contributed by atoms with van der Waals surface area (Å²) < 4.78 is 0.994. The summed E-state index contributed by atoms with van der Waals surface area (Å²) in [5, 5.41) is 8.29. The van der Waals surface area contributed by atoms with Gasteiger partial charge in [-0.15, -0.1) is 11.3 Å². The molecule has 2 N–H and O–H groups in total. The van der Waals surface area contributed by atoms with E-state index in [1.807, 2.05) is 11.4 Å². The number of amides is 1. The van der Waals surface area contributed by atoms with Gasteiger partial charge in [-0.3, -0.25) is 4.79 Å². The molecule has 0 bridgehead atoms. The van der Waals surface area contributed by atoms with E-state index in [1.54, 1.807) is 0 Å².